The smallest absolute Gasteiger partial charge is 0.233 e. The Morgan fingerprint density at radius 2 is 1.69 bits per heavy atom. The number of halogens is 1. The van der Waals surface area contributed by atoms with Crippen molar-refractivity contribution >= 4 is 35.0 Å². The largest absolute Gasteiger partial charge is 0.341 e. The van der Waals surface area contributed by atoms with Crippen LogP contribution in [-0.2, 0) is 27.3 Å². The Labute approximate surface area is 253 Å². The molecule has 1 aromatic carbocycles. The molecule has 0 aliphatic carbocycles. The van der Waals surface area contributed by atoms with Crippen LogP contribution in [0.4, 0.5) is 5.69 Å². The molecule has 5 heterocycles. The van der Waals surface area contributed by atoms with Crippen LogP contribution in [0.2, 0.25) is 5.02 Å². The molecule has 4 aliphatic heterocycles. The molecule has 1 aromatic heterocycles. The highest BCUT2D eigenvalue weighted by Gasteiger charge is 2.43. The monoisotopic (exact) mass is 594 g/mol. The second-order valence-electron chi connectivity index (χ2n) is 12.8. The molecule has 2 unspecified atom stereocenters. The summed E-state index contributed by atoms with van der Waals surface area (Å²) in [5.74, 6) is 1.14. The first kappa shape index (κ1) is 29.2. The zero-order valence-electron chi connectivity index (χ0n) is 25.3. The van der Waals surface area contributed by atoms with Crippen LogP contribution >= 0.6 is 11.6 Å². The number of aromatic nitrogens is 2. The van der Waals surface area contributed by atoms with Crippen molar-refractivity contribution in [3.8, 4) is 0 Å². The fourth-order valence-corrected chi connectivity index (χ4v) is 7.93. The minimum atomic E-state index is -0.159. The highest BCUT2D eigenvalue weighted by atomic mass is 35.5. The van der Waals surface area contributed by atoms with E-state index in [4.69, 9.17) is 16.6 Å². The molecule has 0 spiro atoms. The zero-order valence-corrected chi connectivity index (χ0v) is 26.1. The molecule has 0 radical (unpaired) electrons. The molecule has 3 fully saturated rings. The summed E-state index contributed by atoms with van der Waals surface area (Å²) >= 11 is 6.47. The van der Waals surface area contributed by atoms with Crippen LogP contribution in [0.5, 0.6) is 0 Å². The van der Waals surface area contributed by atoms with Gasteiger partial charge in [0.25, 0.3) is 0 Å². The Morgan fingerprint density at radius 1 is 1.00 bits per heavy atom. The molecule has 9 nitrogen and oxygen atoms in total. The number of nitrogens with zero attached hydrogens (tertiary/aromatic N) is 6. The van der Waals surface area contributed by atoms with Crippen LogP contribution in [-0.4, -0.2) is 86.8 Å². The van der Waals surface area contributed by atoms with Gasteiger partial charge in [0.2, 0.25) is 17.7 Å². The maximum absolute atomic E-state index is 13.6. The molecular formula is C32H43ClN6O3. The first-order valence-corrected chi connectivity index (χ1v) is 15.9. The number of benzene rings is 1. The molecule has 3 amide bonds. The molecule has 2 bridgehead atoms. The zero-order chi connectivity index (χ0) is 29.7. The standard InChI is InChI=1S/C32H43ClN6O3/c1-20-6-7-27(16-29(20)33)38(32(42)24-17-36(18-24)23(4)41)12-5-11-37-25-8-9-26(37)15-28(14-25)39-21(2)34-30-19-35(22(3)40)13-10-31(30)39/h6-7,16,24-26,28H,5,8-15,17-19H2,1-4H3. The third-order valence-electron chi connectivity index (χ3n) is 10.1. The minimum Gasteiger partial charge on any atom is -0.341 e. The lowest BCUT2D eigenvalue weighted by Gasteiger charge is -2.42. The van der Waals surface area contributed by atoms with E-state index in [0.29, 0.717) is 49.3 Å². The second kappa shape index (κ2) is 11.6. The van der Waals surface area contributed by atoms with Gasteiger partial charge in [-0.2, -0.15) is 0 Å². The summed E-state index contributed by atoms with van der Waals surface area (Å²) in [5, 5.41) is 0.662. The molecular weight excluding hydrogens is 552 g/mol. The molecule has 2 atom stereocenters. The van der Waals surface area contributed by atoms with Gasteiger partial charge in [0.15, 0.2) is 0 Å². The third kappa shape index (κ3) is 5.46. The number of likely N-dealkylation sites (tertiary alicyclic amines) is 1. The summed E-state index contributed by atoms with van der Waals surface area (Å²) in [7, 11) is 0. The number of hydrogen-bond donors (Lipinski definition) is 0. The quantitative estimate of drug-likeness (QED) is 0.482. The van der Waals surface area contributed by atoms with Crippen LogP contribution in [0.25, 0.3) is 0 Å². The summed E-state index contributed by atoms with van der Waals surface area (Å²) < 4.78 is 2.50. The molecule has 6 rings (SSSR count). The molecule has 3 saturated heterocycles. The van der Waals surface area contributed by atoms with E-state index in [1.807, 2.05) is 34.9 Å². The normalized spacial score (nSPS) is 24.0. The molecule has 0 N–H and O–H groups in total. The average Bonchev–Trinajstić information content (AvgIpc) is 3.36. The average molecular weight is 595 g/mol. The number of aryl methyl sites for hydroxylation is 2. The van der Waals surface area contributed by atoms with Crippen LogP contribution in [0.3, 0.4) is 0 Å². The maximum Gasteiger partial charge on any atom is 0.233 e. The van der Waals surface area contributed by atoms with Gasteiger partial charge in [0.1, 0.15) is 5.82 Å². The number of amides is 3. The van der Waals surface area contributed by atoms with Crippen LogP contribution in [0.1, 0.15) is 74.8 Å². The fraction of sp³-hybridized carbons (Fsp3) is 0.625. The van der Waals surface area contributed by atoms with E-state index >= 15 is 0 Å². The van der Waals surface area contributed by atoms with Crippen molar-refractivity contribution in [2.24, 2.45) is 5.92 Å². The summed E-state index contributed by atoms with van der Waals surface area (Å²) in [6.07, 6.45) is 6.44. The van der Waals surface area contributed by atoms with E-state index in [0.717, 1.165) is 61.5 Å². The van der Waals surface area contributed by atoms with Gasteiger partial charge in [-0.25, -0.2) is 4.98 Å². The summed E-state index contributed by atoms with van der Waals surface area (Å²) in [4.78, 5) is 50.4. The van der Waals surface area contributed by atoms with Crippen molar-refractivity contribution in [1.29, 1.82) is 0 Å². The van der Waals surface area contributed by atoms with Crippen molar-refractivity contribution in [2.45, 2.75) is 90.9 Å². The first-order valence-electron chi connectivity index (χ1n) is 15.5. The van der Waals surface area contributed by atoms with Gasteiger partial charge in [-0.3, -0.25) is 19.3 Å². The highest BCUT2D eigenvalue weighted by molar-refractivity contribution is 6.31. The van der Waals surface area contributed by atoms with Crippen LogP contribution < -0.4 is 4.90 Å². The van der Waals surface area contributed by atoms with Crippen LogP contribution in [0.15, 0.2) is 18.2 Å². The van der Waals surface area contributed by atoms with E-state index in [1.165, 1.54) is 18.5 Å². The van der Waals surface area contributed by atoms with Crippen molar-refractivity contribution in [3.05, 3.63) is 46.0 Å². The number of carbonyl (C=O) groups is 3. The van der Waals surface area contributed by atoms with Gasteiger partial charge in [-0.05, 0) is 63.6 Å². The molecule has 2 aromatic rings. The predicted molar refractivity (Wildman–Crippen MR) is 162 cm³/mol. The van der Waals surface area contributed by atoms with E-state index in [9.17, 15) is 14.4 Å². The van der Waals surface area contributed by atoms with E-state index in [-0.39, 0.29) is 23.6 Å². The Morgan fingerprint density at radius 3 is 2.33 bits per heavy atom. The van der Waals surface area contributed by atoms with Crippen molar-refractivity contribution in [2.75, 3.05) is 37.6 Å². The van der Waals surface area contributed by atoms with E-state index < -0.39 is 0 Å². The number of hydrogen-bond acceptors (Lipinski definition) is 5. The number of fused-ring (bicyclic) bond motifs is 3. The molecule has 10 heteroatoms. The first-order chi connectivity index (χ1) is 20.1. The molecule has 0 saturated carbocycles. The Balaban J connectivity index is 1.11. The lowest BCUT2D eigenvalue weighted by atomic mass is 9.95. The lowest BCUT2D eigenvalue weighted by molar-refractivity contribution is -0.140. The lowest BCUT2D eigenvalue weighted by Crippen LogP contribution is -2.56. The number of rotatable bonds is 7. The third-order valence-corrected chi connectivity index (χ3v) is 10.5. The van der Waals surface area contributed by atoms with E-state index in [2.05, 4.69) is 16.4 Å². The highest BCUT2D eigenvalue weighted by Crippen LogP contribution is 2.42. The van der Waals surface area contributed by atoms with Gasteiger partial charge >= 0.3 is 0 Å². The van der Waals surface area contributed by atoms with Gasteiger partial charge in [-0.15, -0.1) is 0 Å². The second-order valence-corrected chi connectivity index (χ2v) is 13.2. The van der Waals surface area contributed by atoms with Gasteiger partial charge in [0.05, 0.1) is 18.2 Å². The SMILES string of the molecule is CC(=O)N1CCc2c(nc(C)n2C2CC3CCC(C2)N3CCCN(C(=O)C2CN(C(C)=O)C2)c2ccc(C)c(Cl)c2)C1. The van der Waals surface area contributed by atoms with Gasteiger partial charge in [0, 0.05) is 87.5 Å². The summed E-state index contributed by atoms with van der Waals surface area (Å²) in [6.45, 7) is 11.3. The molecule has 42 heavy (non-hydrogen) atoms. The Kier molecular flexibility index (Phi) is 8.09. The maximum atomic E-state index is 13.6. The Hall–Kier alpha value is -2.91. The number of piperidine rings is 1. The van der Waals surface area contributed by atoms with Crippen molar-refractivity contribution in [1.82, 2.24) is 24.3 Å². The molecule has 226 valence electrons. The fourth-order valence-electron chi connectivity index (χ4n) is 7.75. The number of imidazole rings is 1. The van der Waals surface area contributed by atoms with Crippen molar-refractivity contribution < 1.29 is 14.4 Å². The number of anilines is 1. The number of carbonyl (C=O) groups excluding carboxylic acids is 3. The molecule has 4 aliphatic rings. The minimum absolute atomic E-state index is 0.0206. The van der Waals surface area contributed by atoms with Gasteiger partial charge in [-0.1, -0.05) is 17.7 Å². The van der Waals surface area contributed by atoms with Crippen molar-refractivity contribution in [3.63, 3.8) is 0 Å². The van der Waals surface area contributed by atoms with Crippen LogP contribution in [0, 0.1) is 19.8 Å². The Bertz CT molecular complexity index is 1370. The van der Waals surface area contributed by atoms with Gasteiger partial charge < -0.3 is 19.3 Å². The predicted octanol–water partition coefficient (Wildman–Crippen LogP) is 4.13. The summed E-state index contributed by atoms with van der Waals surface area (Å²) in [6, 6.07) is 7.39. The summed E-state index contributed by atoms with van der Waals surface area (Å²) in [5.41, 5.74) is 4.22. The van der Waals surface area contributed by atoms with E-state index in [1.54, 1.807) is 18.7 Å². The topological polar surface area (TPSA) is 82.0 Å².